The van der Waals surface area contributed by atoms with Crippen molar-refractivity contribution in [1.29, 1.82) is 5.26 Å². The number of thioether (sulfide) groups is 1. The Kier molecular flexibility index (Phi) is 2.56. The topological polar surface area (TPSA) is 78.7 Å². The third-order valence-corrected chi connectivity index (χ3v) is 2.72. The van der Waals surface area contributed by atoms with Crippen molar-refractivity contribution in [3.05, 3.63) is 11.8 Å². The van der Waals surface area contributed by atoms with E-state index < -0.39 is 5.92 Å². The van der Waals surface area contributed by atoms with Crippen LogP contribution in [0.1, 0.15) is 10.4 Å². The van der Waals surface area contributed by atoms with E-state index in [4.69, 9.17) is 5.26 Å². The molecule has 1 N–H and O–H groups in total. The number of Topliss-reactive ketones (excluding diaryl/α,β-unsaturated/α-hetero) is 1. The maximum absolute atomic E-state index is 11.7. The van der Waals surface area contributed by atoms with Crippen LogP contribution >= 0.6 is 11.8 Å². The molecule has 0 spiro atoms. The number of anilines is 1. The zero-order valence-electron chi connectivity index (χ0n) is 8.02. The number of nitrogens with one attached hydrogen (secondary N) is 1. The van der Waals surface area contributed by atoms with E-state index in [1.54, 1.807) is 0 Å². The first kappa shape index (κ1) is 9.93. The van der Waals surface area contributed by atoms with Gasteiger partial charge in [0.25, 0.3) is 0 Å². The Hall–Kier alpha value is -1.61. The molecular formula is C9H8N4OS. The van der Waals surface area contributed by atoms with Gasteiger partial charge >= 0.3 is 0 Å². The maximum atomic E-state index is 11.7. The summed E-state index contributed by atoms with van der Waals surface area (Å²) in [5.74, 6) is -0.286. The van der Waals surface area contributed by atoms with Crippen molar-refractivity contribution in [2.24, 2.45) is 5.92 Å². The number of rotatable bonds is 1. The van der Waals surface area contributed by atoms with Gasteiger partial charge in [0.15, 0.2) is 10.9 Å². The van der Waals surface area contributed by atoms with E-state index in [2.05, 4.69) is 15.3 Å². The second kappa shape index (κ2) is 3.87. The third kappa shape index (κ3) is 1.66. The highest BCUT2D eigenvalue weighted by molar-refractivity contribution is 7.98. The van der Waals surface area contributed by atoms with E-state index in [1.807, 2.05) is 12.3 Å². The fraction of sp³-hybridized carbons (Fsp3) is 0.333. The van der Waals surface area contributed by atoms with Gasteiger partial charge in [-0.15, -0.1) is 0 Å². The zero-order valence-corrected chi connectivity index (χ0v) is 8.84. The van der Waals surface area contributed by atoms with Gasteiger partial charge in [0.05, 0.1) is 11.6 Å². The van der Waals surface area contributed by atoms with Crippen molar-refractivity contribution in [2.75, 3.05) is 18.1 Å². The van der Waals surface area contributed by atoms with E-state index in [0.717, 1.165) is 0 Å². The molecular weight excluding hydrogens is 212 g/mol. The molecule has 1 aromatic rings. The number of nitriles is 1. The number of ketones is 1. The van der Waals surface area contributed by atoms with Crippen LogP contribution in [0.25, 0.3) is 0 Å². The minimum atomic E-state index is -0.624. The van der Waals surface area contributed by atoms with Crippen molar-refractivity contribution >= 4 is 23.4 Å². The monoisotopic (exact) mass is 220 g/mol. The summed E-state index contributed by atoms with van der Waals surface area (Å²) in [7, 11) is 0. The molecule has 0 radical (unpaired) electrons. The number of fused-ring (bicyclic) bond motifs is 1. The van der Waals surface area contributed by atoms with Gasteiger partial charge in [-0.2, -0.15) is 5.26 Å². The predicted molar refractivity (Wildman–Crippen MR) is 55.7 cm³/mol. The third-order valence-electron chi connectivity index (χ3n) is 2.16. The first-order valence-electron chi connectivity index (χ1n) is 4.35. The highest BCUT2D eigenvalue weighted by atomic mass is 32.2. The Morgan fingerprint density at radius 3 is 3.20 bits per heavy atom. The Morgan fingerprint density at radius 2 is 2.53 bits per heavy atom. The molecule has 0 saturated carbocycles. The Labute approximate surface area is 90.9 Å². The van der Waals surface area contributed by atoms with Crippen LogP contribution in [-0.2, 0) is 0 Å². The number of carbonyl (C=O) groups excluding carboxylic acids is 1. The minimum absolute atomic E-state index is 0.195. The standard InChI is InChI=1S/C9H8N4OS/c1-15-9-12-4-6-7(14)5(2-10)3-11-8(6)13-9/h4-5H,3H2,1H3,(H,11,12,13). The lowest BCUT2D eigenvalue weighted by atomic mass is 9.97. The molecule has 0 amide bonds. The molecule has 0 aromatic carbocycles. The Morgan fingerprint density at radius 1 is 1.73 bits per heavy atom. The summed E-state index contributed by atoms with van der Waals surface area (Å²) in [6.45, 7) is 0.327. The van der Waals surface area contributed by atoms with E-state index >= 15 is 0 Å². The minimum Gasteiger partial charge on any atom is -0.368 e. The molecule has 1 unspecified atom stereocenters. The van der Waals surface area contributed by atoms with E-state index in [0.29, 0.717) is 23.1 Å². The van der Waals surface area contributed by atoms with Crippen LogP contribution in [0.2, 0.25) is 0 Å². The molecule has 0 fully saturated rings. The molecule has 1 aromatic heterocycles. The summed E-state index contributed by atoms with van der Waals surface area (Å²) >= 11 is 1.41. The highest BCUT2D eigenvalue weighted by Crippen LogP contribution is 2.23. The molecule has 1 aliphatic rings. The van der Waals surface area contributed by atoms with Gasteiger partial charge in [-0.05, 0) is 6.26 Å². The summed E-state index contributed by atoms with van der Waals surface area (Å²) in [5.41, 5.74) is 0.408. The van der Waals surface area contributed by atoms with Crippen LogP contribution in [0, 0.1) is 17.2 Å². The van der Waals surface area contributed by atoms with E-state index in [9.17, 15) is 4.79 Å². The van der Waals surface area contributed by atoms with Crippen molar-refractivity contribution in [3.8, 4) is 6.07 Å². The van der Waals surface area contributed by atoms with Crippen LogP contribution in [-0.4, -0.2) is 28.6 Å². The zero-order chi connectivity index (χ0) is 10.8. The molecule has 15 heavy (non-hydrogen) atoms. The van der Waals surface area contributed by atoms with Gasteiger partial charge in [-0.3, -0.25) is 4.79 Å². The quantitative estimate of drug-likeness (QED) is 0.560. The second-order valence-electron chi connectivity index (χ2n) is 3.05. The first-order valence-corrected chi connectivity index (χ1v) is 5.57. The number of aromatic nitrogens is 2. The van der Waals surface area contributed by atoms with Crippen LogP contribution in [0.5, 0.6) is 0 Å². The molecule has 1 atom stereocenters. The smallest absolute Gasteiger partial charge is 0.189 e. The molecule has 2 heterocycles. The van der Waals surface area contributed by atoms with Gasteiger partial charge in [-0.1, -0.05) is 11.8 Å². The predicted octanol–water partition coefficient (Wildman–Crippen LogP) is 0.946. The molecule has 1 aliphatic heterocycles. The van der Waals surface area contributed by atoms with Crippen molar-refractivity contribution in [3.63, 3.8) is 0 Å². The fourth-order valence-electron chi connectivity index (χ4n) is 1.36. The lowest BCUT2D eigenvalue weighted by Crippen LogP contribution is -2.29. The summed E-state index contributed by atoms with van der Waals surface area (Å²) < 4.78 is 0. The molecule has 0 aliphatic carbocycles. The fourth-order valence-corrected chi connectivity index (χ4v) is 1.70. The highest BCUT2D eigenvalue weighted by Gasteiger charge is 2.28. The number of hydrogen-bond acceptors (Lipinski definition) is 6. The van der Waals surface area contributed by atoms with Crippen LogP contribution in [0.15, 0.2) is 11.4 Å². The van der Waals surface area contributed by atoms with Crippen molar-refractivity contribution < 1.29 is 4.79 Å². The average Bonchev–Trinajstić information content (AvgIpc) is 2.29. The summed E-state index contributed by atoms with van der Waals surface area (Å²) in [6, 6.07) is 1.95. The lowest BCUT2D eigenvalue weighted by Gasteiger charge is -2.19. The van der Waals surface area contributed by atoms with Crippen molar-refractivity contribution in [2.45, 2.75) is 5.16 Å². The maximum Gasteiger partial charge on any atom is 0.189 e. The Bertz CT molecular complexity index is 454. The SMILES string of the molecule is CSc1ncc2c(n1)NCC(C#N)C2=O. The molecule has 76 valence electrons. The van der Waals surface area contributed by atoms with Gasteiger partial charge in [-0.25, -0.2) is 9.97 Å². The summed E-state index contributed by atoms with van der Waals surface area (Å²) in [5, 5.41) is 12.3. The molecule has 0 saturated heterocycles. The normalized spacial score (nSPS) is 18.9. The average molecular weight is 220 g/mol. The number of carbonyl (C=O) groups is 1. The molecule has 5 nitrogen and oxygen atoms in total. The van der Waals surface area contributed by atoms with E-state index in [1.165, 1.54) is 18.0 Å². The molecule has 6 heteroatoms. The number of hydrogen-bond donors (Lipinski definition) is 1. The van der Waals surface area contributed by atoms with Gasteiger partial charge in [0.2, 0.25) is 0 Å². The van der Waals surface area contributed by atoms with Crippen LogP contribution in [0.3, 0.4) is 0 Å². The van der Waals surface area contributed by atoms with Gasteiger partial charge < -0.3 is 5.32 Å². The molecule has 0 bridgehead atoms. The Balaban J connectivity index is 2.42. The van der Waals surface area contributed by atoms with Crippen LogP contribution < -0.4 is 5.32 Å². The first-order chi connectivity index (χ1) is 7.26. The lowest BCUT2D eigenvalue weighted by molar-refractivity contribution is 0.0949. The van der Waals surface area contributed by atoms with Crippen molar-refractivity contribution in [1.82, 2.24) is 9.97 Å². The van der Waals surface area contributed by atoms with E-state index in [-0.39, 0.29) is 5.78 Å². The number of nitrogens with zero attached hydrogens (tertiary/aromatic N) is 3. The largest absolute Gasteiger partial charge is 0.368 e. The van der Waals surface area contributed by atoms with Gasteiger partial charge in [0, 0.05) is 12.7 Å². The second-order valence-corrected chi connectivity index (χ2v) is 3.82. The summed E-state index contributed by atoms with van der Waals surface area (Å²) in [6.07, 6.45) is 3.34. The molecule has 2 rings (SSSR count). The van der Waals surface area contributed by atoms with Crippen LogP contribution in [0.4, 0.5) is 5.82 Å². The summed E-state index contributed by atoms with van der Waals surface area (Å²) in [4.78, 5) is 19.9. The van der Waals surface area contributed by atoms with Gasteiger partial charge in [0.1, 0.15) is 11.7 Å².